The van der Waals surface area contributed by atoms with Gasteiger partial charge in [0.2, 0.25) is 10.8 Å². The number of aromatic nitrogens is 1. The number of thiazole rings is 1. The Kier molecular flexibility index (Phi) is 11.0. The van der Waals surface area contributed by atoms with Crippen molar-refractivity contribution >= 4 is 45.1 Å². The Bertz CT molecular complexity index is 1070. The molecular formula is C24H26ClN7S. The van der Waals surface area contributed by atoms with Crippen LogP contribution in [0.15, 0.2) is 40.2 Å². The lowest BCUT2D eigenvalue weighted by atomic mass is 10.2. The van der Waals surface area contributed by atoms with Crippen molar-refractivity contribution in [2.24, 2.45) is 10.2 Å². The summed E-state index contributed by atoms with van der Waals surface area (Å²) < 4.78 is 0. The van der Waals surface area contributed by atoms with Crippen LogP contribution in [0, 0.1) is 24.5 Å². The van der Waals surface area contributed by atoms with E-state index >= 15 is 0 Å². The van der Waals surface area contributed by atoms with Gasteiger partial charge in [-0.15, -0.1) is 21.6 Å². The van der Waals surface area contributed by atoms with E-state index in [0.717, 1.165) is 24.4 Å². The van der Waals surface area contributed by atoms with Crippen molar-refractivity contribution < 1.29 is 0 Å². The van der Waals surface area contributed by atoms with Gasteiger partial charge in [0.1, 0.15) is 5.15 Å². The molecule has 0 radical (unpaired) electrons. The summed E-state index contributed by atoms with van der Waals surface area (Å²) in [6.07, 6.45) is 7.22. The summed E-state index contributed by atoms with van der Waals surface area (Å²) in [5.74, 6) is 0. The standard InChI is InChI=1S/C24H26ClN7S/c1-5-7-9-15-32(16-10-8-6-2)19-13-11-18(12-14-19)30-31-24-29-23(25)22(33-24)21(28-4)20(17-26)27-3/h11-14H,5-10,15-16H2,1-2H3/b21-20-,31-30?. The van der Waals surface area contributed by atoms with Crippen LogP contribution in [-0.2, 0) is 0 Å². The first-order valence-corrected chi connectivity index (χ1v) is 12.1. The quantitative estimate of drug-likeness (QED) is 0.133. The molecule has 1 aromatic heterocycles. The number of nitrogens with zero attached hydrogens (tertiary/aromatic N) is 7. The van der Waals surface area contributed by atoms with Gasteiger partial charge in [-0.1, -0.05) is 51.1 Å². The van der Waals surface area contributed by atoms with Crippen LogP contribution in [0.5, 0.6) is 0 Å². The highest BCUT2D eigenvalue weighted by Crippen LogP contribution is 2.37. The highest BCUT2D eigenvalue weighted by Gasteiger charge is 2.18. The van der Waals surface area contributed by atoms with Crippen LogP contribution in [0.2, 0.25) is 5.15 Å². The van der Waals surface area contributed by atoms with Crippen LogP contribution >= 0.6 is 22.9 Å². The van der Waals surface area contributed by atoms with Gasteiger partial charge >= 0.3 is 0 Å². The van der Waals surface area contributed by atoms with Crippen molar-refractivity contribution in [1.82, 2.24) is 4.98 Å². The lowest BCUT2D eigenvalue weighted by Crippen LogP contribution is -2.25. The number of nitriles is 1. The monoisotopic (exact) mass is 479 g/mol. The summed E-state index contributed by atoms with van der Waals surface area (Å²) in [6, 6.07) is 9.66. The molecule has 170 valence electrons. The molecule has 0 spiro atoms. The molecule has 0 unspecified atom stereocenters. The normalized spacial score (nSPS) is 11.5. The Hall–Kier alpha value is -3.25. The fraction of sp³-hybridized carbons (Fsp3) is 0.417. The fourth-order valence-corrected chi connectivity index (χ4v) is 4.23. The summed E-state index contributed by atoms with van der Waals surface area (Å²) in [5.41, 5.74) is 1.41. The van der Waals surface area contributed by atoms with Gasteiger partial charge in [-0.2, -0.15) is 0 Å². The Labute approximate surface area is 204 Å². The molecule has 1 aromatic carbocycles. The van der Waals surface area contributed by atoms with E-state index in [0.29, 0.717) is 5.69 Å². The average molecular weight is 480 g/mol. The Morgan fingerprint density at radius 3 is 2.21 bits per heavy atom. The maximum Gasteiger partial charge on any atom is 0.270 e. The number of hydrogen-bond acceptors (Lipinski definition) is 6. The average Bonchev–Trinajstić information content (AvgIpc) is 3.20. The summed E-state index contributed by atoms with van der Waals surface area (Å²) in [5, 5.41) is 17.7. The molecule has 0 bridgehead atoms. The molecule has 9 heteroatoms. The van der Waals surface area contributed by atoms with E-state index in [9.17, 15) is 0 Å². The van der Waals surface area contributed by atoms with Crippen LogP contribution in [0.3, 0.4) is 0 Å². The second-order valence-electron chi connectivity index (χ2n) is 7.27. The van der Waals surface area contributed by atoms with Gasteiger partial charge in [-0.05, 0) is 37.1 Å². The molecule has 0 aliphatic rings. The molecule has 0 N–H and O–H groups in total. The lowest BCUT2D eigenvalue weighted by molar-refractivity contribution is 0.636. The third-order valence-corrected chi connectivity index (χ3v) is 6.20. The minimum absolute atomic E-state index is 0.0292. The van der Waals surface area contributed by atoms with E-state index < -0.39 is 0 Å². The first-order valence-electron chi connectivity index (χ1n) is 10.9. The summed E-state index contributed by atoms with van der Waals surface area (Å²) in [6.45, 7) is 20.8. The predicted octanol–water partition coefficient (Wildman–Crippen LogP) is 8.43. The fourth-order valence-electron chi connectivity index (χ4n) is 3.13. The highest BCUT2D eigenvalue weighted by molar-refractivity contribution is 7.17. The van der Waals surface area contributed by atoms with E-state index in [1.165, 1.54) is 44.2 Å². The van der Waals surface area contributed by atoms with Gasteiger partial charge in [0, 0.05) is 18.8 Å². The molecule has 33 heavy (non-hydrogen) atoms. The highest BCUT2D eigenvalue weighted by atomic mass is 35.5. The molecular weight excluding hydrogens is 454 g/mol. The predicted molar refractivity (Wildman–Crippen MR) is 135 cm³/mol. The molecule has 0 saturated carbocycles. The molecule has 0 fully saturated rings. The number of azo groups is 1. The zero-order chi connectivity index (χ0) is 24.1. The SMILES string of the molecule is [C-]#[N+]/C(C#N)=C(\[N+]#[C-])c1sc(N=Nc2ccc(N(CCCCC)CCCCC)cc2)nc1Cl. The second kappa shape index (κ2) is 14.0. The van der Waals surface area contributed by atoms with Gasteiger partial charge in [0.05, 0.1) is 29.8 Å². The molecule has 0 aliphatic heterocycles. The number of allylic oxidation sites excluding steroid dienone is 1. The van der Waals surface area contributed by atoms with Crippen molar-refractivity contribution in [3.8, 4) is 6.07 Å². The van der Waals surface area contributed by atoms with Crippen LogP contribution in [0.25, 0.3) is 15.4 Å². The van der Waals surface area contributed by atoms with Crippen molar-refractivity contribution in [3.63, 3.8) is 0 Å². The van der Waals surface area contributed by atoms with Crippen molar-refractivity contribution in [1.29, 1.82) is 5.26 Å². The molecule has 1 heterocycles. The molecule has 2 rings (SSSR count). The molecule has 0 saturated heterocycles. The number of rotatable bonds is 12. The first-order chi connectivity index (χ1) is 16.1. The van der Waals surface area contributed by atoms with Gasteiger partial charge in [0.25, 0.3) is 5.70 Å². The number of benzene rings is 1. The third kappa shape index (κ3) is 7.68. The minimum atomic E-state index is -0.322. The summed E-state index contributed by atoms with van der Waals surface area (Å²) in [4.78, 5) is 13.1. The number of anilines is 1. The molecule has 7 nitrogen and oxygen atoms in total. The van der Waals surface area contributed by atoms with E-state index in [2.05, 4.69) is 55.8 Å². The van der Waals surface area contributed by atoms with Crippen molar-refractivity contribution in [3.05, 3.63) is 62.8 Å². The number of unbranched alkanes of at least 4 members (excludes halogenated alkanes) is 4. The van der Waals surface area contributed by atoms with Crippen LogP contribution < -0.4 is 4.90 Å². The minimum Gasteiger partial charge on any atom is -0.372 e. The summed E-state index contributed by atoms with van der Waals surface area (Å²) >= 11 is 7.14. The van der Waals surface area contributed by atoms with Crippen LogP contribution in [-0.4, -0.2) is 18.1 Å². The van der Waals surface area contributed by atoms with Gasteiger partial charge in [-0.3, -0.25) is 0 Å². The molecule has 2 aromatic rings. The first kappa shape index (κ1) is 26.0. The number of halogens is 1. The van der Waals surface area contributed by atoms with Crippen molar-refractivity contribution in [2.45, 2.75) is 52.4 Å². The van der Waals surface area contributed by atoms with E-state index in [1.54, 1.807) is 6.07 Å². The Balaban J connectivity index is 2.16. The van der Waals surface area contributed by atoms with Crippen LogP contribution in [0.1, 0.15) is 57.2 Å². The van der Waals surface area contributed by atoms with E-state index in [1.807, 2.05) is 12.1 Å². The maximum atomic E-state index is 9.05. The molecule has 0 amide bonds. The van der Waals surface area contributed by atoms with Gasteiger partial charge < -0.3 is 4.90 Å². The topological polar surface area (TPSA) is 73.4 Å². The third-order valence-electron chi connectivity index (χ3n) is 4.87. The zero-order valence-electron chi connectivity index (χ0n) is 18.9. The molecule has 0 atom stereocenters. The van der Waals surface area contributed by atoms with Gasteiger partial charge in [-0.25, -0.2) is 19.9 Å². The van der Waals surface area contributed by atoms with Crippen LogP contribution in [0.4, 0.5) is 16.5 Å². The smallest absolute Gasteiger partial charge is 0.270 e. The Morgan fingerprint density at radius 2 is 1.70 bits per heavy atom. The van der Waals surface area contributed by atoms with Crippen molar-refractivity contribution in [2.75, 3.05) is 18.0 Å². The number of hydrogen-bond donors (Lipinski definition) is 0. The largest absolute Gasteiger partial charge is 0.372 e. The lowest BCUT2D eigenvalue weighted by Gasteiger charge is -2.25. The van der Waals surface area contributed by atoms with E-state index in [4.69, 9.17) is 30.0 Å². The zero-order valence-corrected chi connectivity index (χ0v) is 20.5. The molecule has 0 aliphatic carbocycles. The summed E-state index contributed by atoms with van der Waals surface area (Å²) in [7, 11) is 0. The Morgan fingerprint density at radius 1 is 1.06 bits per heavy atom. The van der Waals surface area contributed by atoms with E-state index in [-0.39, 0.29) is 26.6 Å². The maximum absolute atomic E-state index is 9.05. The van der Waals surface area contributed by atoms with Gasteiger partial charge in [0.15, 0.2) is 0 Å². The second-order valence-corrected chi connectivity index (χ2v) is 8.60.